The van der Waals surface area contributed by atoms with Crippen molar-refractivity contribution in [1.29, 1.82) is 0 Å². The third-order valence-electron chi connectivity index (χ3n) is 2.86. The lowest BCUT2D eigenvalue weighted by atomic mass is 10.1. The first-order valence-corrected chi connectivity index (χ1v) is 7.37. The van der Waals surface area contributed by atoms with Crippen LogP contribution >= 0.6 is 15.9 Å². The third kappa shape index (κ3) is 4.13. The van der Waals surface area contributed by atoms with Crippen molar-refractivity contribution >= 4 is 21.8 Å². The number of benzene rings is 1. The summed E-state index contributed by atoms with van der Waals surface area (Å²) in [6.45, 7) is 3.42. The summed E-state index contributed by atoms with van der Waals surface area (Å²) < 4.78 is 10.4. The van der Waals surface area contributed by atoms with Gasteiger partial charge < -0.3 is 14.4 Å². The van der Waals surface area contributed by atoms with Crippen molar-refractivity contribution in [2.24, 2.45) is 0 Å². The van der Waals surface area contributed by atoms with Crippen molar-refractivity contribution in [3.05, 3.63) is 23.8 Å². The first-order valence-electron chi connectivity index (χ1n) is 6.25. The number of nitrogens with zero attached hydrogens (tertiary/aromatic N) is 1. The molecule has 0 atom stereocenters. The quantitative estimate of drug-likeness (QED) is 0.722. The molecule has 19 heavy (non-hydrogen) atoms. The average Bonchev–Trinajstić information content (AvgIpc) is 2.46. The number of carbonyl (C=O) groups excluding carboxylic acids is 1. The van der Waals surface area contributed by atoms with Gasteiger partial charge in [-0.1, -0.05) is 15.9 Å². The van der Waals surface area contributed by atoms with E-state index >= 15 is 0 Å². The lowest BCUT2D eigenvalue weighted by molar-refractivity contribution is 0.0764. The molecule has 1 rings (SSSR count). The number of hydrogen-bond donors (Lipinski definition) is 0. The Morgan fingerprint density at radius 1 is 1.26 bits per heavy atom. The molecule has 0 saturated carbocycles. The van der Waals surface area contributed by atoms with Gasteiger partial charge in [-0.15, -0.1) is 0 Å². The number of ether oxygens (including phenoxy) is 2. The molecule has 1 amide bonds. The highest BCUT2D eigenvalue weighted by Crippen LogP contribution is 2.28. The van der Waals surface area contributed by atoms with Gasteiger partial charge in [-0.05, 0) is 31.5 Å². The summed E-state index contributed by atoms with van der Waals surface area (Å²) in [6, 6.07) is 5.24. The zero-order valence-electron chi connectivity index (χ0n) is 11.6. The van der Waals surface area contributed by atoms with Crippen LogP contribution in [-0.4, -0.2) is 43.4 Å². The fraction of sp³-hybridized carbons (Fsp3) is 0.500. The van der Waals surface area contributed by atoms with Crippen LogP contribution in [-0.2, 0) is 0 Å². The van der Waals surface area contributed by atoms with Gasteiger partial charge in [0.2, 0.25) is 0 Å². The normalized spacial score (nSPS) is 10.1. The van der Waals surface area contributed by atoms with E-state index in [0.717, 1.165) is 18.3 Å². The molecule has 0 spiro atoms. The van der Waals surface area contributed by atoms with Gasteiger partial charge >= 0.3 is 0 Å². The number of alkyl halides is 1. The van der Waals surface area contributed by atoms with Crippen LogP contribution in [0.15, 0.2) is 18.2 Å². The van der Waals surface area contributed by atoms with Gasteiger partial charge in [0.05, 0.1) is 14.2 Å². The van der Waals surface area contributed by atoms with Gasteiger partial charge in [0.15, 0.2) is 11.5 Å². The fourth-order valence-corrected chi connectivity index (χ4v) is 2.06. The van der Waals surface area contributed by atoms with Gasteiger partial charge in [0.1, 0.15) is 0 Å². The van der Waals surface area contributed by atoms with E-state index in [-0.39, 0.29) is 5.91 Å². The summed E-state index contributed by atoms with van der Waals surface area (Å²) in [4.78, 5) is 14.2. The van der Waals surface area contributed by atoms with Crippen LogP contribution in [0.2, 0.25) is 0 Å². The minimum Gasteiger partial charge on any atom is -0.493 e. The van der Waals surface area contributed by atoms with E-state index in [9.17, 15) is 4.79 Å². The molecule has 1 aromatic rings. The maximum Gasteiger partial charge on any atom is 0.253 e. The van der Waals surface area contributed by atoms with Crippen molar-refractivity contribution in [1.82, 2.24) is 4.90 Å². The summed E-state index contributed by atoms with van der Waals surface area (Å²) in [5.74, 6) is 1.22. The molecule has 1 aromatic carbocycles. The first-order chi connectivity index (χ1) is 9.17. The lowest BCUT2D eigenvalue weighted by Gasteiger charge is -2.21. The van der Waals surface area contributed by atoms with E-state index in [1.807, 2.05) is 11.8 Å². The van der Waals surface area contributed by atoms with Crippen molar-refractivity contribution in [2.75, 3.05) is 32.6 Å². The monoisotopic (exact) mass is 329 g/mol. The summed E-state index contributed by atoms with van der Waals surface area (Å²) in [5.41, 5.74) is 0.620. The van der Waals surface area contributed by atoms with Crippen molar-refractivity contribution in [2.45, 2.75) is 13.3 Å². The number of methoxy groups -OCH3 is 2. The minimum absolute atomic E-state index is 0.0180. The molecular weight excluding hydrogens is 310 g/mol. The zero-order valence-corrected chi connectivity index (χ0v) is 13.2. The molecule has 106 valence electrons. The van der Waals surface area contributed by atoms with E-state index in [2.05, 4.69) is 15.9 Å². The largest absolute Gasteiger partial charge is 0.493 e. The molecule has 0 unspecified atom stereocenters. The fourth-order valence-electron chi connectivity index (χ4n) is 1.81. The minimum atomic E-state index is 0.0180. The van der Waals surface area contributed by atoms with Crippen LogP contribution in [0.5, 0.6) is 11.5 Å². The molecule has 0 bridgehead atoms. The van der Waals surface area contributed by atoms with Crippen LogP contribution in [0.3, 0.4) is 0 Å². The van der Waals surface area contributed by atoms with Crippen molar-refractivity contribution < 1.29 is 14.3 Å². The second-order valence-corrected chi connectivity index (χ2v) is 4.79. The Balaban J connectivity index is 2.91. The summed E-state index contributed by atoms with van der Waals surface area (Å²) >= 11 is 3.38. The highest BCUT2D eigenvalue weighted by atomic mass is 79.9. The second kappa shape index (κ2) is 8.04. The Morgan fingerprint density at radius 3 is 2.47 bits per heavy atom. The van der Waals surface area contributed by atoms with Gasteiger partial charge in [0.25, 0.3) is 5.91 Å². The summed E-state index contributed by atoms with van der Waals surface area (Å²) in [5, 5.41) is 0.892. The maximum absolute atomic E-state index is 12.4. The van der Waals surface area contributed by atoms with Crippen LogP contribution in [0.1, 0.15) is 23.7 Å². The predicted molar refractivity (Wildman–Crippen MR) is 79.5 cm³/mol. The van der Waals surface area contributed by atoms with E-state index in [4.69, 9.17) is 9.47 Å². The third-order valence-corrected chi connectivity index (χ3v) is 3.42. The maximum atomic E-state index is 12.4. The lowest BCUT2D eigenvalue weighted by Crippen LogP contribution is -2.31. The highest BCUT2D eigenvalue weighted by molar-refractivity contribution is 9.09. The summed E-state index contributed by atoms with van der Waals surface area (Å²) in [7, 11) is 3.14. The molecule has 4 nitrogen and oxygen atoms in total. The molecule has 0 heterocycles. The van der Waals surface area contributed by atoms with Gasteiger partial charge in [0, 0.05) is 24.0 Å². The molecule has 0 saturated heterocycles. The zero-order chi connectivity index (χ0) is 14.3. The first kappa shape index (κ1) is 15.8. The van der Waals surface area contributed by atoms with E-state index in [0.29, 0.717) is 23.6 Å². The Kier molecular flexibility index (Phi) is 6.70. The Labute approximate surface area is 122 Å². The average molecular weight is 330 g/mol. The van der Waals surface area contributed by atoms with Gasteiger partial charge in [-0.25, -0.2) is 0 Å². The number of carbonyl (C=O) groups is 1. The van der Waals surface area contributed by atoms with Crippen LogP contribution in [0.4, 0.5) is 0 Å². The molecule has 0 N–H and O–H groups in total. The summed E-state index contributed by atoms with van der Waals surface area (Å²) in [6.07, 6.45) is 0.937. The van der Waals surface area contributed by atoms with Crippen LogP contribution < -0.4 is 9.47 Å². The predicted octanol–water partition coefficient (Wildman–Crippen LogP) is 2.95. The Morgan fingerprint density at radius 2 is 1.95 bits per heavy atom. The number of hydrogen-bond acceptors (Lipinski definition) is 3. The van der Waals surface area contributed by atoms with E-state index in [1.54, 1.807) is 32.4 Å². The van der Waals surface area contributed by atoms with Crippen LogP contribution in [0, 0.1) is 0 Å². The number of halogens is 1. The highest BCUT2D eigenvalue weighted by Gasteiger charge is 2.16. The Bertz CT molecular complexity index is 423. The standard InChI is InChI=1S/C14H20BrNO3/c1-4-16(9-5-8-15)14(17)11-6-7-12(18-2)13(10-11)19-3/h6-7,10H,4-5,8-9H2,1-3H3. The topological polar surface area (TPSA) is 38.8 Å². The Hall–Kier alpha value is -1.23. The molecule has 0 aliphatic carbocycles. The number of rotatable bonds is 7. The second-order valence-electron chi connectivity index (χ2n) is 4.00. The van der Waals surface area contributed by atoms with Crippen molar-refractivity contribution in [3.63, 3.8) is 0 Å². The van der Waals surface area contributed by atoms with Gasteiger partial charge in [-0.3, -0.25) is 4.79 Å². The van der Waals surface area contributed by atoms with Crippen molar-refractivity contribution in [3.8, 4) is 11.5 Å². The molecular formula is C14H20BrNO3. The molecule has 0 aliphatic rings. The molecule has 0 radical (unpaired) electrons. The molecule has 0 aromatic heterocycles. The molecule has 0 aliphatic heterocycles. The molecule has 0 fully saturated rings. The SMILES string of the molecule is CCN(CCCBr)C(=O)c1ccc(OC)c(OC)c1. The smallest absolute Gasteiger partial charge is 0.253 e. The van der Waals surface area contributed by atoms with Crippen LogP contribution in [0.25, 0.3) is 0 Å². The van der Waals surface area contributed by atoms with E-state index < -0.39 is 0 Å². The molecule has 5 heteroatoms. The van der Waals surface area contributed by atoms with Gasteiger partial charge in [-0.2, -0.15) is 0 Å². The number of amides is 1. The van der Waals surface area contributed by atoms with E-state index in [1.165, 1.54) is 0 Å².